The molecule has 1 aliphatic rings. The van der Waals surface area contributed by atoms with E-state index in [-0.39, 0.29) is 17.3 Å². The number of nitrogens with one attached hydrogen (secondary N) is 1. The largest absolute Gasteiger partial charge is 0.380 e. The number of nitriles is 1. The lowest BCUT2D eigenvalue weighted by Crippen LogP contribution is -2.07. The Bertz CT molecular complexity index is 465. The lowest BCUT2D eigenvalue weighted by molar-refractivity contribution is 0.508. The van der Waals surface area contributed by atoms with Crippen LogP contribution in [0.2, 0.25) is 0 Å². The molecule has 0 bridgehead atoms. The van der Waals surface area contributed by atoms with E-state index in [2.05, 4.69) is 12.2 Å². The molecule has 17 heavy (non-hydrogen) atoms. The minimum atomic E-state index is -1.06. The summed E-state index contributed by atoms with van der Waals surface area (Å²) in [5.41, 5.74) is -0.0981. The van der Waals surface area contributed by atoms with Crippen molar-refractivity contribution >= 4 is 5.69 Å². The van der Waals surface area contributed by atoms with Crippen LogP contribution in [0.4, 0.5) is 14.5 Å². The first-order valence-electron chi connectivity index (χ1n) is 5.82. The summed E-state index contributed by atoms with van der Waals surface area (Å²) in [5.74, 6) is -1.45. The van der Waals surface area contributed by atoms with Gasteiger partial charge in [0.2, 0.25) is 0 Å². The molecule has 1 aliphatic carbocycles. The highest BCUT2D eigenvalue weighted by Gasteiger charge is 2.36. The first kappa shape index (κ1) is 11.8. The van der Waals surface area contributed by atoms with Crippen molar-refractivity contribution in [1.82, 2.24) is 0 Å². The van der Waals surface area contributed by atoms with Crippen LogP contribution in [-0.2, 0) is 0 Å². The Morgan fingerprint density at radius 3 is 2.82 bits per heavy atom. The summed E-state index contributed by atoms with van der Waals surface area (Å²) in [4.78, 5) is 0. The molecular weight excluding hydrogens is 222 g/mol. The normalized spacial score (nSPS) is 22.0. The average Bonchev–Trinajstić information content (AvgIpc) is 3.04. The molecule has 1 fully saturated rings. The van der Waals surface area contributed by atoms with Gasteiger partial charge < -0.3 is 5.32 Å². The second kappa shape index (κ2) is 4.70. The van der Waals surface area contributed by atoms with Gasteiger partial charge in [0.1, 0.15) is 6.07 Å². The highest BCUT2D eigenvalue weighted by atomic mass is 19.2. The molecule has 1 aromatic rings. The number of anilines is 1. The van der Waals surface area contributed by atoms with Crippen LogP contribution in [0.25, 0.3) is 0 Å². The third-order valence-corrected chi connectivity index (χ3v) is 3.13. The van der Waals surface area contributed by atoms with E-state index in [0.29, 0.717) is 5.92 Å². The molecule has 2 rings (SSSR count). The van der Waals surface area contributed by atoms with Crippen molar-refractivity contribution < 1.29 is 8.78 Å². The van der Waals surface area contributed by atoms with Crippen LogP contribution in [-0.4, -0.2) is 6.04 Å². The van der Waals surface area contributed by atoms with Gasteiger partial charge in [0.25, 0.3) is 0 Å². The molecule has 0 radical (unpaired) electrons. The summed E-state index contributed by atoms with van der Waals surface area (Å²) in [7, 11) is 0. The first-order chi connectivity index (χ1) is 8.17. The van der Waals surface area contributed by atoms with Crippen LogP contribution in [0.1, 0.15) is 31.7 Å². The van der Waals surface area contributed by atoms with Crippen molar-refractivity contribution in [1.29, 1.82) is 5.26 Å². The minimum absolute atomic E-state index is 0.158. The summed E-state index contributed by atoms with van der Waals surface area (Å²) in [6.07, 6.45) is 3.22. The average molecular weight is 236 g/mol. The van der Waals surface area contributed by atoms with Gasteiger partial charge in [-0.05, 0) is 30.9 Å². The van der Waals surface area contributed by atoms with Crippen LogP contribution in [0.3, 0.4) is 0 Å². The second-order valence-electron chi connectivity index (χ2n) is 4.44. The zero-order chi connectivity index (χ0) is 12.4. The Morgan fingerprint density at radius 2 is 2.18 bits per heavy atom. The Labute approximate surface area is 99.3 Å². The zero-order valence-corrected chi connectivity index (χ0v) is 9.63. The lowest BCUT2D eigenvalue weighted by atomic mass is 10.2. The fourth-order valence-corrected chi connectivity index (χ4v) is 2.06. The molecule has 0 saturated heterocycles. The summed E-state index contributed by atoms with van der Waals surface area (Å²) in [6.45, 7) is 2.11. The molecule has 4 heteroatoms. The van der Waals surface area contributed by atoms with E-state index in [4.69, 9.17) is 5.26 Å². The van der Waals surface area contributed by atoms with E-state index in [1.165, 1.54) is 12.1 Å². The summed E-state index contributed by atoms with van der Waals surface area (Å²) >= 11 is 0. The van der Waals surface area contributed by atoms with E-state index in [1.54, 1.807) is 6.07 Å². The Morgan fingerprint density at radius 1 is 1.41 bits per heavy atom. The second-order valence-corrected chi connectivity index (χ2v) is 4.44. The molecular formula is C13H14F2N2. The van der Waals surface area contributed by atoms with Crippen LogP contribution >= 0.6 is 0 Å². The molecule has 2 unspecified atom stereocenters. The van der Waals surface area contributed by atoms with Crippen molar-refractivity contribution in [2.45, 2.75) is 32.2 Å². The highest BCUT2D eigenvalue weighted by molar-refractivity contribution is 5.51. The third-order valence-electron chi connectivity index (χ3n) is 3.13. The number of nitrogens with zero attached hydrogens (tertiary/aromatic N) is 1. The molecule has 90 valence electrons. The molecule has 0 spiro atoms. The van der Waals surface area contributed by atoms with E-state index >= 15 is 0 Å². The maximum Gasteiger partial charge on any atom is 0.183 e. The summed E-state index contributed by atoms with van der Waals surface area (Å²) < 4.78 is 26.9. The molecule has 0 aliphatic heterocycles. The van der Waals surface area contributed by atoms with Gasteiger partial charge in [-0.2, -0.15) is 5.26 Å². The van der Waals surface area contributed by atoms with Gasteiger partial charge >= 0.3 is 0 Å². The molecule has 2 atom stereocenters. The fourth-order valence-electron chi connectivity index (χ4n) is 2.06. The van der Waals surface area contributed by atoms with Gasteiger partial charge in [0, 0.05) is 6.04 Å². The van der Waals surface area contributed by atoms with Crippen LogP contribution < -0.4 is 5.32 Å². The Hall–Kier alpha value is -1.63. The Kier molecular flexibility index (Phi) is 3.28. The smallest absolute Gasteiger partial charge is 0.183 e. The van der Waals surface area contributed by atoms with Crippen molar-refractivity contribution in [2.75, 3.05) is 5.32 Å². The van der Waals surface area contributed by atoms with Crippen LogP contribution in [0.5, 0.6) is 0 Å². The lowest BCUT2D eigenvalue weighted by Gasteiger charge is -2.08. The SMILES string of the molecule is CCCC1CC1Nc1ccc(C#N)c(F)c1F. The number of hydrogen-bond donors (Lipinski definition) is 1. The van der Waals surface area contributed by atoms with Gasteiger partial charge in [-0.15, -0.1) is 0 Å². The molecule has 1 saturated carbocycles. The van der Waals surface area contributed by atoms with Gasteiger partial charge in [-0.1, -0.05) is 13.3 Å². The third kappa shape index (κ3) is 2.38. The van der Waals surface area contributed by atoms with Gasteiger partial charge in [-0.25, -0.2) is 8.78 Å². The number of benzene rings is 1. The van der Waals surface area contributed by atoms with Crippen molar-refractivity contribution in [3.63, 3.8) is 0 Å². The molecule has 0 heterocycles. The topological polar surface area (TPSA) is 35.8 Å². The first-order valence-corrected chi connectivity index (χ1v) is 5.82. The fraction of sp³-hybridized carbons (Fsp3) is 0.462. The van der Waals surface area contributed by atoms with Crippen molar-refractivity contribution in [2.24, 2.45) is 5.92 Å². The quantitative estimate of drug-likeness (QED) is 0.869. The van der Waals surface area contributed by atoms with E-state index in [0.717, 1.165) is 19.3 Å². The standard InChI is InChI=1S/C13H14F2N2/c1-2-3-8-6-11(8)17-10-5-4-9(7-16)12(14)13(10)15/h4-5,8,11,17H,2-3,6H2,1H3. The van der Waals surface area contributed by atoms with Crippen molar-refractivity contribution in [3.8, 4) is 6.07 Å². The zero-order valence-electron chi connectivity index (χ0n) is 9.63. The van der Waals surface area contributed by atoms with Gasteiger partial charge in [0.15, 0.2) is 11.6 Å². The predicted molar refractivity (Wildman–Crippen MR) is 61.5 cm³/mol. The summed E-state index contributed by atoms with van der Waals surface area (Å²) in [5, 5.41) is 11.5. The van der Waals surface area contributed by atoms with Crippen LogP contribution in [0.15, 0.2) is 12.1 Å². The van der Waals surface area contributed by atoms with Gasteiger partial charge in [-0.3, -0.25) is 0 Å². The Balaban J connectivity index is 2.08. The van der Waals surface area contributed by atoms with E-state index in [1.807, 2.05) is 0 Å². The monoisotopic (exact) mass is 236 g/mol. The maximum absolute atomic E-state index is 13.6. The number of rotatable bonds is 4. The van der Waals surface area contributed by atoms with Gasteiger partial charge in [0.05, 0.1) is 11.3 Å². The van der Waals surface area contributed by atoms with E-state index in [9.17, 15) is 8.78 Å². The number of hydrogen-bond acceptors (Lipinski definition) is 2. The molecule has 0 aromatic heterocycles. The predicted octanol–water partition coefficient (Wildman–Crippen LogP) is 3.44. The van der Waals surface area contributed by atoms with Crippen molar-refractivity contribution in [3.05, 3.63) is 29.3 Å². The highest BCUT2D eigenvalue weighted by Crippen LogP contribution is 2.38. The minimum Gasteiger partial charge on any atom is -0.380 e. The molecule has 0 amide bonds. The van der Waals surface area contributed by atoms with E-state index < -0.39 is 11.6 Å². The molecule has 1 aromatic carbocycles. The number of halogens is 2. The molecule has 1 N–H and O–H groups in total. The van der Waals surface area contributed by atoms with Crippen LogP contribution in [0, 0.1) is 28.9 Å². The molecule has 2 nitrogen and oxygen atoms in total. The summed E-state index contributed by atoms with van der Waals surface area (Å²) in [6, 6.07) is 4.60. The maximum atomic E-state index is 13.6.